The Labute approximate surface area is 73.0 Å². The summed E-state index contributed by atoms with van der Waals surface area (Å²) in [5, 5.41) is 9.94. The molecule has 3 N–H and O–H groups in total. The molecule has 74 valence electrons. The molecule has 13 heavy (non-hydrogen) atoms. The number of nitrogens with zero attached hydrogens (tertiary/aromatic N) is 1. The summed E-state index contributed by atoms with van der Waals surface area (Å²) in [5.41, 5.74) is 0. The number of hydrogen-bond acceptors (Lipinski definition) is 4. The molecule has 0 radical (unpaired) electrons. The van der Waals surface area contributed by atoms with Crippen molar-refractivity contribution in [1.82, 2.24) is 9.62 Å². The van der Waals surface area contributed by atoms with E-state index in [9.17, 15) is 18.0 Å². The van der Waals surface area contributed by atoms with Crippen LogP contribution in [0.25, 0.3) is 0 Å². The van der Waals surface area contributed by atoms with Gasteiger partial charge in [-0.05, 0) is 0 Å². The summed E-state index contributed by atoms with van der Waals surface area (Å²) in [6.07, 6.45) is -1.42. The lowest BCUT2D eigenvalue weighted by molar-refractivity contribution is -0.136. The summed E-state index contributed by atoms with van der Waals surface area (Å²) in [4.78, 5) is 20.8. The van der Waals surface area contributed by atoms with Crippen LogP contribution in [0.3, 0.4) is 0 Å². The lowest BCUT2D eigenvalue weighted by atomic mass is 10.2. The third kappa shape index (κ3) is 1.87. The van der Waals surface area contributed by atoms with Gasteiger partial charge >= 0.3 is 16.4 Å². The van der Waals surface area contributed by atoms with Gasteiger partial charge in [0.15, 0.2) is 0 Å². The van der Waals surface area contributed by atoms with Crippen molar-refractivity contribution in [3.63, 3.8) is 0 Å². The molecule has 0 bridgehead atoms. The van der Waals surface area contributed by atoms with Gasteiger partial charge < -0.3 is 10.4 Å². The predicted octanol–water partition coefficient (Wildman–Crippen LogP) is -1.73. The second-order valence-corrected chi connectivity index (χ2v) is 3.69. The molecule has 1 aliphatic rings. The largest absolute Gasteiger partial charge is 0.465 e. The van der Waals surface area contributed by atoms with Gasteiger partial charge in [0.1, 0.15) is 6.04 Å². The van der Waals surface area contributed by atoms with Gasteiger partial charge in [-0.25, -0.2) is 9.10 Å². The van der Waals surface area contributed by atoms with Crippen LogP contribution in [0.4, 0.5) is 4.79 Å². The molecule has 1 rings (SSSR count). The van der Waals surface area contributed by atoms with E-state index in [0.29, 0.717) is 0 Å². The van der Waals surface area contributed by atoms with Crippen LogP contribution in [0, 0.1) is 0 Å². The Balaban J connectivity index is 2.59. The molecule has 0 saturated carbocycles. The summed E-state index contributed by atoms with van der Waals surface area (Å²) in [6, 6.07) is -1.08. The Morgan fingerprint density at radius 1 is 1.62 bits per heavy atom. The van der Waals surface area contributed by atoms with E-state index >= 15 is 0 Å². The van der Waals surface area contributed by atoms with E-state index in [1.54, 1.807) is 5.32 Å². The highest BCUT2D eigenvalue weighted by atomic mass is 32.2. The number of amides is 2. The molecule has 1 atom stereocenters. The van der Waals surface area contributed by atoms with Crippen molar-refractivity contribution in [2.75, 3.05) is 6.54 Å². The van der Waals surface area contributed by atoms with Crippen LogP contribution in [-0.4, -0.2) is 47.0 Å². The third-order valence-electron chi connectivity index (χ3n) is 1.47. The molecular weight excluding hydrogens is 204 g/mol. The second-order valence-electron chi connectivity index (χ2n) is 2.35. The Morgan fingerprint density at radius 2 is 2.15 bits per heavy atom. The van der Waals surface area contributed by atoms with Crippen LogP contribution in [-0.2, 0) is 15.1 Å². The monoisotopic (exact) mass is 210 g/mol. The zero-order valence-electron chi connectivity index (χ0n) is 6.17. The maximum Gasteiger partial charge on any atom is 0.405 e. The molecule has 1 heterocycles. The Kier molecular flexibility index (Phi) is 2.14. The molecule has 1 aliphatic heterocycles. The van der Waals surface area contributed by atoms with E-state index in [0.717, 1.165) is 0 Å². The van der Waals surface area contributed by atoms with Gasteiger partial charge in [0.05, 0.1) is 6.54 Å². The van der Waals surface area contributed by atoms with Crippen molar-refractivity contribution in [3.8, 4) is 0 Å². The fourth-order valence-electron chi connectivity index (χ4n) is 0.860. The summed E-state index contributed by atoms with van der Waals surface area (Å²) in [7, 11) is -4.53. The summed E-state index contributed by atoms with van der Waals surface area (Å²) < 4.78 is 29.2. The van der Waals surface area contributed by atoms with Crippen LogP contribution in [0.1, 0.15) is 0 Å². The van der Waals surface area contributed by atoms with Gasteiger partial charge in [0.25, 0.3) is 5.91 Å². The zero-order valence-corrected chi connectivity index (χ0v) is 6.98. The van der Waals surface area contributed by atoms with Crippen molar-refractivity contribution in [3.05, 3.63) is 0 Å². The molecular formula is C4H6N2O6S. The van der Waals surface area contributed by atoms with E-state index in [2.05, 4.69) is 0 Å². The molecule has 2 amide bonds. The first-order valence-electron chi connectivity index (χ1n) is 3.11. The van der Waals surface area contributed by atoms with Crippen molar-refractivity contribution in [1.29, 1.82) is 0 Å². The maximum absolute atomic E-state index is 10.8. The van der Waals surface area contributed by atoms with Crippen LogP contribution >= 0.6 is 0 Å². The first kappa shape index (κ1) is 9.74. The maximum atomic E-state index is 10.8. The minimum Gasteiger partial charge on any atom is -0.465 e. The summed E-state index contributed by atoms with van der Waals surface area (Å²) >= 11 is 0. The molecule has 1 saturated heterocycles. The molecule has 0 aromatic rings. The highest BCUT2D eigenvalue weighted by Gasteiger charge is 2.44. The van der Waals surface area contributed by atoms with E-state index in [1.165, 1.54) is 0 Å². The number of carboxylic acid groups (broad SMARTS) is 1. The van der Waals surface area contributed by atoms with Gasteiger partial charge in [-0.15, -0.1) is 0 Å². The van der Waals surface area contributed by atoms with E-state index in [-0.39, 0.29) is 10.8 Å². The number of rotatable bonds is 2. The fraction of sp³-hybridized carbons (Fsp3) is 0.500. The van der Waals surface area contributed by atoms with Crippen LogP contribution in [0.15, 0.2) is 0 Å². The number of carbonyl (C=O) groups excluding carboxylic acids is 1. The first-order valence-corrected chi connectivity index (χ1v) is 4.50. The van der Waals surface area contributed by atoms with Gasteiger partial charge in [0.2, 0.25) is 0 Å². The predicted molar refractivity (Wildman–Crippen MR) is 38.2 cm³/mol. The molecule has 8 nitrogen and oxygen atoms in total. The number of nitrogens with one attached hydrogen (secondary N) is 1. The smallest absolute Gasteiger partial charge is 0.405 e. The average Bonchev–Trinajstić information content (AvgIpc) is 1.93. The molecule has 9 heteroatoms. The van der Waals surface area contributed by atoms with Crippen LogP contribution in [0.5, 0.6) is 0 Å². The lowest BCUT2D eigenvalue weighted by Crippen LogP contribution is -2.65. The minimum absolute atomic E-state index is 0.174. The number of hydrogen-bond donors (Lipinski definition) is 3. The standard InChI is InChI=1S/C4H6N2O6S/c7-3-2(5-4(8)9)1-6(3)13(10,11)12/h2,5H,1H2,(H,8,9)(H,10,11,12). The SMILES string of the molecule is O=C(O)NC1CN(S(=O)(=O)O)C1=O. The van der Waals surface area contributed by atoms with Crippen molar-refractivity contribution in [2.24, 2.45) is 0 Å². The van der Waals surface area contributed by atoms with Crippen LogP contribution < -0.4 is 5.32 Å². The topological polar surface area (TPSA) is 124 Å². The van der Waals surface area contributed by atoms with Gasteiger partial charge in [-0.2, -0.15) is 8.42 Å². The van der Waals surface area contributed by atoms with E-state index < -0.39 is 28.3 Å². The van der Waals surface area contributed by atoms with Crippen LogP contribution in [0.2, 0.25) is 0 Å². The van der Waals surface area contributed by atoms with Crippen molar-refractivity contribution in [2.45, 2.75) is 6.04 Å². The Hall–Kier alpha value is -1.35. The van der Waals surface area contributed by atoms with Gasteiger partial charge in [0, 0.05) is 0 Å². The average molecular weight is 210 g/mol. The van der Waals surface area contributed by atoms with Crippen molar-refractivity contribution >= 4 is 22.3 Å². The molecule has 0 aromatic heterocycles. The second kappa shape index (κ2) is 2.85. The normalized spacial score (nSPS) is 22.4. The summed E-state index contributed by atoms with van der Waals surface area (Å²) in [6.45, 7) is -0.371. The molecule has 0 aromatic carbocycles. The van der Waals surface area contributed by atoms with E-state index in [1.807, 2.05) is 0 Å². The van der Waals surface area contributed by atoms with Gasteiger partial charge in [-0.1, -0.05) is 0 Å². The quantitative estimate of drug-likeness (QED) is 0.367. The van der Waals surface area contributed by atoms with Crippen molar-refractivity contribution < 1.29 is 27.7 Å². The summed E-state index contributed by atoms with van der Waals surface area (Å²) in [5.74, 6) is -0.982. The Morgan fingerprint density at radius 3 is 2.46 bits per heavy atom. The highest BCUT2D eigenvalue weighted by molar-refractivity contribution is 7.84. The fourth-order valence-corrected chi connectivity index (χ4v) is 1.55. The first-order chi connectivity index (χ1) is 5.82. The molecule has 0 spiro atoms. The molecule has 0 aliphatic carbocycles. The third-order valence-corrected chi connectivity index (χ3v) is 2.35. The zero-order chi connectivity index (χ0) is 10.2. The highest BCUT2D eigenvalue weighted by Crippen LogP contribution is 2.13. The lowest BCUT2D eigenvalue weighted by Gasteiger charge is -2.34. The molecule has 1 unspecified atom stereocenters. The van der Waals surface area contributed by atoms with E-state index in [4.69, 9.17) is 9.66 Å². The minimum atomic E-state index is -4.53. The number of carbonyl (C=O) groups is 2. The number of β-lactam (4-membered cyclic amide) rings is 1. The molecule has 1 fully saturated rings. The van der Waals surface area contributed by atoms with Gasteiger partial charge in [-0.3, -0.25) is 9.35 Å². The Bertz CT molecular complexity index is 348.